The average Bonchev–Trinajstić information content (AvgIpc) is 2.97. The Hall–Kier alpha value is -1.47. The fourth-order valence-corrected chi connectivity index (χ4v) is 1.75. The van der Waals surface area contributed by atoms with Gasteiger partial charge >= 0.3 is 0 Å². The van der Waals surface area contributed by atoms with Crippen molar-refractivity contribution in [3.63, 3.8) is 0 Å². The molecule has 17 heavy (non-hydrogen) atoms. The Labute approximate surface area is 99.3 Å². The highest BCUT2D eigenvalue weighted by atomic mass is 16.5. The molecule has 7 heteroatoms. The summed E-state index contributed by atoms with van der Waals surface area (Å²) in [6, 6.07) is 0. The first-order valence-electron chi connectivity index (χ1n) is 5.79. The van der Waals surface area contributed by atoms with Crippen molar-refractivity contribution in [3.8, 4) is 0 Å². The van der Waals surface area contributed by atoms with Gasteiger partial charge in [-0.15, -0.1) is 5.10 Å². The minimum atomic E-state index is -0.219. The van der Waals surface area contributed by atoms with Crippen molar-refractivity contribution in [3.05, 3.63) is 11.9 Å². The lowest BCUT2D eigenvalue weighted by Gasteiger charge is -2.09. The SMILES string of the molecule is NCCn1cc(C(=O)NCC2CCCO2)nn1. The third-order valence-corrected chi connectivity index (χ3v) is 2.64. The largest absolute Gasteiger partial charge is 0.376 e. The monoisotopic (exact) mass is 239 g/mol. The quantitative estimate of drug-likeness (QED) is 0.697. The zero-order valence-corrected chi connectivity index (χ0v) is 9.63. The Morgan fingerprint density at radius 1 is 1.71 bits per heavy atom. The maximum atomic E-state index is 11.7. The number of hydrogen-bond donors (Lipinski definition) is 2. The molecule has 0 aliphatic carbocycles. The average molecular weight is 239 g/mol. The van der Waals surface area contributed by atoms with Gasteiger partial charge in [-0.1, -0.05) is 5.21 Å². The Bertz CT molecular complexity index is 373. The zero-order valence-electron chi connectivity index (χ0n) is 9.63. The van der Waals surface area contributed by atoms with Crippen LogP contribution in [0.15, 0.2) is 6.20 Å². The van der Waals surface area contributed by atoms with Crippen molar-refractivity contribution in [2.75, 3.05) is 19.7 Å². The molecule has 1 amide bonds. The number of nitrogens with zero attached hydrogens (tertiary/aromatic N) is 3. The molecule has 94 valence electrons. The van der Waals surface area contributed by atoms with E-state index in [1.165, 1.54) is 0 Å². The van der Waals surface area contributed by atoms with Crippen LogP contribution in [0.4, 0.5) is 0 Å². The van der Waals surface area contributed by atoms with Crippen molar-refractivity contribution < 1.29 is 9.53 Å². The second-order valence-corrected chi connectivity index (χ2v) is 4.00. The summed E-state index contributed by atoms with van der Waals surface area (Å²) in [5.74, 6) is -0.219. The van der Waals surface area contributed by atoms with Crippen LogP contribution in [0.5, 0.6) is 0 Å². The van der Waals surface area contributed by atoms with E-state index >= 15 is 0 Å². The van der Waals surface area contributed by atoms with Crippen molar-refractivity contribution in [2.45, 2.75) is 25.5 Å². The van der Waals surface area contributed by atoms with Crippen LogP contribution in [-0.4, -0.2) is 46.7 Å². The highest BCUT2D eigenvalue weighted by Gasteiger charge is 2.17. The lowest BCUT2D eigenvalue weighted by molar-refractivity contribution is 0.0853. The number of aromatic nitrogens is 3. The van der Waals surface area contributed by atoms with E-state index in [0.29, 0.717) is 25.3 Å². The smallest absolute Gasteiger partial charge is 0.273 e. The number of carbonyl (C=O) groups excluding carboxylic acids is 1. The van der Waals surface area contributed by atoms with E-state index in [9.17, 15) is 4.79 Å². The number of rotatable bonds is 5. The van der Waals surface area contributed by atoms with Gasteiger partial charge in [-0.05, 0) is 12.8 Å². The van der Waals surface area contributed by atoms with Gasteiger partial charge in [0.15, 0.2) is 5.69 Å². The molecule has 0 bridgehead atoms. The molecule has 1 aliphatic rings. The van der Waals surface area contributed by atoms with E-state index < -0.39 is 0 Å². The van der Waals surface area contributed by atoms with Gasteiger partial charge < -0.3 is 15.8 Å². The van der Waals surface area contributed by atoms with Crippen molar-refractivity contribution >= 4 is 5.91 Å². The standard InChI is InChI=1S/C10H17N5O2/c11-3-4-15-7-9(13-14-15)10(16)12-6-8-2-1-5-17-8/h7-8H,1-6,11H2,(H,12,16). The van der Waals surface area contributed by atoms with Gasteiger partial charge in [0.2, 0.25) is 0 Å². The van der Waals surface area contributed by atoms with E-state index in [-0.39, 0.29) is 12.0 Å². The third-order valence-electron chi connectivity index (χ3n) is 2.64. The summed E-state index contributed by atoms with van der Waals surface area (Å²) in [4.78, 5) is 11.7. The van der Waals surface area contributed by atoms with Crippen LogP contribution in [0.25, 0.3) is 0 Å². The molecule has 1 saturated heterocycles. The lowest BCUT2D eigenvalue weighted by atomic mass is 10.2. The molecular formula is C10H17N5O2. The molecule has 1 aliphatic heterocycles. The number of nitrogens with two attached hydrogens (primary N) is 1. The molecular weight excluding hydrogens is 222 g/mol. The molecule has 2 heterocycles. The fraction of sp³-hybridized carbons (Fsp3) is 0.700. The summed E-state index contributed by atoms with van der Waals surface area (Å²) in [6.07, 6.45) is 3.79. The first-order valence-corrected chi connectivity index (χ1v) is 5.79. The van der Waals surface area contributed by atoms with Crippen molar-refractivity contribution in [1.82, 2.24) is 20.3 Å². The Morgan fingerprint density at radius 2 is 2.59 bits per heavy atom. The summed E-state index contributed by atoms with van der Waals surface area (Å²) in [5, 5.41) is 10.4. The summed E-state index contributed by atoms with van der Waals surface area (Å²) in [5.41, 5.74) is 5.70. The Kier molecular flexibility index (Phi) is 4.05. The molecule has 1 unspecified atom stereocenters. The molecule has 2 rings (SSSR count). The molecule has 1 aromatic rings. The zero-order chi connectivity index (χ0) is 12.1. The van der Waals surface area contributed by atoms with Crippen molar-refractivity contribution in [2.24, 2.45) is 5.73 Å². The normalized spacial score (nSPS) is 19.5. The summed E-state index contributed by atoms with van der Waals surface area (Å²) in [7, 11) is 0. The Morgan fingerprint density at radius 3 is 3.29 bits per heavy atom. The molecule has 0 radical (unpaired) electrons. The summed E-state index contributed by atoms with van der Waals surface area (Å²) < 4.78 is 6.97. The minimum Gasteiger partial charge on any atom is -0.376 e. The predicted molar refractivity (Wildman–Crippen MR) is 60.4 cm³/mol. The molecule has 0 spiro atoms. The summed E-state index contributed by atoms with van der Waals surface area (Å²) >= 11 is 0. The first kappa shape index (κ1) is 12.0. The molecule has 7 nitrogen and oxygen atoms in total. The van der Waals surface area contributed by atoms with Crippen molar-refractivity contribution in [1.29, 1.82) is 0 Å². The Balaban J connectivity index is 1.81. The second-order valence-electron chi connectivity index (χ2n) is 4.00. The fourth-order valence-electron chi connectivity index (χ4n) is 1.75. The molecule has 0 saturated carbocycles. The van der Waals surface area contributed by atoms with Crippen LogP contribution in [0.2, 0.25) is 0 Å². The molecule has 1 fully saturated rings. The molecule has 3 N–H and O–H groups in total. The van der Waals surface area contributed by atoms with Gasteiger partial charge in [0.05, 0.1) is 18.8 Å². The molecule has 1 atom stereocenters. The van der Waals surface area contributed by atoms with E-state index in [4.69, 9.17) is 10.5 Å². The van der Waals surface area contributed by atoms with E-state index in [1.807, 2.05) is 0 Å². The van der Waals surface area contributed by atoms with E-state index in [2.05, 4.69) is 15.6 Å². The maximum absolute atomic E-state index is 11.7. The lowest BCUT2D eigenvalue weighted by Crippen LogP contribution is -2.32. The topological polar surface area (TPSA) is 95.1 Å². The minimum absolute atomic E-state index is 0.137. The third kappa shape index (κ3) is 3.24. The van der Waals surface area contributed by atoms with Gasteiger partial charge in [0.1, 0.15) is 0 Å². The number of ether oxygens (including phenoxy) is 1. The van der Waals surface area contributed by atoms with E-state index in [0.717, 1.165) is 19.4 Å². The van der Waals surface area contributed by atoms with Gasteiger partial charge in [0, 0.05) is 19.7 Å². The van der Waals surface area contributed by atoms with Gasteiger partial charge in [-0.2, -0.15) is 0 Å². The van der Waals surface area contributed by atoms with Crippen LogP contribution < -0.4 is 11.1 Å². The van der Waals surface area contributed by atoms with Crippen LogP contribution in [0.1, 0.15) is 23.3 Å². The molecule has 1 aromatic heterocycles. The van der Waals surface area contributed by atoms with Gasteiger partial charge in [-0.25, -0.2) is 0 Å². The maximum Gasteiger partial charge on any atom is 0.273 e. The number of carbonyl (C=O) groups is 1. The first-order chi connectivity index (χ1) is 8.29. The number of nitrogens with one attached hydrogen (secondary N) is 1. The molecule has 0 aromatic carbocycles. The highest BCUT2D eigenvalue weighted by Crippen LogP contribution is 2.10. The van der Waals surface area contributed by atoms with Gasteiger partial charge in [0.25, 0.3) is 5.91 Å². The predicted octanol–water partition coefficient (Wildman–Crippen LogP) is -0.854. The summed E-state index contributed by atoms with van der Waals surface area (Å²) in [6.45, 7) is 2.35. The number of amides is 1. The van der Waals surface area contributed by atoms with Crippen LogP contribution in [0, 0.1) is 0 Å². The number of hydrogen-bond acceptors (Lipinski definition) is 5. The van der Waals surface area contributed by atoms with Gasteiger partial charge in [-0.3, -0.25) is 9.48 Å². The van der Waals surface area contributed by atoms with E-state index in [1.54, 1.807) is 10.9 Å². The van der Waals surface area contributed by atoms with Crippen LogP contribution >= 0.6 is 0 Å². The van der Waals surface area contributed by atoms with Crippen LogP contribution in [0.3, 0.4) is 0 Å². The van der Waals surface area contributed by atoms with Crippen LogP contribution in [-0.2, 0) is 11.3 Å². The second kappa shape index (κ2) is 5.74. The highest BCUT2D eigenvalue weighted by molar-refractivity contribution is 5.91.